The third-order valence-corrected chi connectivity index (χ3v) is 4.59. The fourth-order valence-electron chi connectivity index (χ4n) is 3.14. The molecule has 12 heteroatoms. The number of furan rings is 1. The zero-order chi connectivity index (χ0) is 22.9. The van der Waals surface area contributed by atoms with Gasteiger partial charge in [-0.15, -0.1) is 10.2 Å². The van der Waals surface area contributed by atoms with Crippen LogP contribution in [0.5, 0.6) is 5.75 Å². The summed E-state index contributed by atoms with van der Waals surface area (Å²) in [5.41, 5.74) is 0.417. The fraction of sp³-hybridized carbons (Fsp3) is 0.250. The van der Waals surface area contributed by atoms with Crippen LogP contribution in [0, 0.1) is 0 Å². The molecule has 4 rings (SSSR count). The lowest BCUT2D eigenvalue weighted by Crippen LogP contribution is -2.21. The average Bonchev–Trinajstić information content (AvgIpc) is 3.38. The van der Waals surface area contributed by atoms with Crippen molar-refractivity contribution < 1.29 is 35.5 Å². The van der Waals surface area contributed by atoms with Crippen LogP contribution in [0.3, 0.4) is 0 Å². The van der Waals surface area contributed by atoms with E-state index in [0.29, 0.717) is 23.3 Å². The van der Waals surface area contributed by atoms with Crippen molar-refractivity contribution >= 4 is 11.0 Å². The maximum Gasteiger partial charge on any atom is 0.422 e. The van der Waals surface area contributed by atoms with E-state index < -0.39 is 30.3 Å². The SMILES string of the molecule is FC(F)(F)COc1ccc(CCc2ccc3cc(-c4nn[nH]n4)oc3c2)cc1C(F)(F)F. The number of halogens is 6. The Morgan fingerprint density at radius 1 is 0.906 bits per heavy atom. The van der Waals surface area contributed by atoms with Gasteiger partial charge in [0.2, 0.25) is 5.82 Å². The first-order chi connectivity index (χ1) is 15.1. The molecule has 0 amide bonds. The van der Waals surface area contributed by atoms with Crippen LogP contribution >= 0.6 is 0 Å². The van der Waals surface area contributed by atoms with Crippen LogP contribution in [-0.4, -0.2) is 33.4 Å². The molecule has 0 aliphatic heterocycles. The molecule has 0 spiro atoms. The van der Waals surface area contributed by atoms with E-state index in [1.165, 1.54) is 6.07 Å². The van der Waals surface area contributed by atoms with Crippen LogP contribution in [-0.2, 0) is 19.0 Å². The first-order valence-corrected chi connectivity index (χ1v) is 9.24. The zero-order valence-corrected chi connectivity index (χ0v) is 16.1. The first-order valence-electron chi connectivity index (χ1n) is 9.24. The normalized spacial score (nSPS) is 12.4. The number of aromatic nitrogens is 4. The number of aromatic amines is 1. The Kier molecular flexibility index (Phi) is 5.53. The van der Waals surface area contributed by atoms with Crippen LogP contribution in [0.1, 0.15) is 16.7 Å². The van der Waals surface area contributed by atoms with Crippen LogP contribution in [0.15, 0.2) is 46.9 Å². The van der Waals surface area contributed by atoms with Crippen LogP contribution < -0.4 is 4.74 Å². The average molecular weight is 456 g/mol. The van der Waals surface area contributed by atoms with E-state index in [9.17, 15) is 26.3 Å². The van der Waals surface area contributed by atoms with Crippen molar-refractivity contribution in [2.45, 2.75) is 25.2 Å². The Morgan fingerprint density at radius 2 is 1.62 bits per heavy atom. The van der Waals surface area contributed by atoms with Gasteiger partial charge in [-0.2, -0.15) is 31.6 Å². The molecule has 168 valence electrons. The number of rotatable bonds is 6. The second kappa shape index (κ2) is 8.17. The van der Waals surface area contributed by atoms with E-state index in [4.69, 9.17) is 4.42 Å². The summed E-state index contributed by atoms with van der Waals surface area (Å²) in [5.74, 6) is -0.157. The number of hydrogen-bond acceptors (Lipinski definition) is 5. The van der Waals surface area contributed by atoms with Gasteiger partial charge in [0.15, 0.2) is 12.4 Å². The minimum Gasteiger partial charge on any atom is -0.483 e. The van der Waals surface area contributed by atoms with Gasteiger partial charge in [-0.25, -0.2) is 0 Å². The monoisotopic (exact) mass is 456 g/mol. The minimum atomic E-state index is -4.85. The zero-order valence-electron chi connectivity index (χ0n) is 16.1. The van der Waals surface area contributed by atoms with E-state index in [0.717, 1.165) is 23.1 Å². The standard InChI is InChI=1S/C20H14F6N4O2/c21-19(22,23)10-31-15-6-4-11(7-14(15)20(24,25)26)1-2-12-3-5-13-9-17(32-16(13)8-12)18-27-29-30-28-18/h3-9H,1-2,10H2,(H,27,28,29,30). The number of tetrazole rings is 1. The number of benzene rings is 2. The van der Waals surface area contributed by atoms with Crippen molar-refractivity contribution in [1.82, 2.24) is 20.6 Å². The van der Waals surface area contributed by atoms with E-state index in [1.807, 2.05) is 6.07 Å². The summed E-state index contributed by atoms with van der Waals surface area (Å²) in [5, 5.41) is 14.2. The van der Waals surface area contributed by atoms with Gasteiger partial charge in [-0.05, 0) is 53.4 Å². The third-order valence-electron chi connectivity index (χ3n) is 4.59. The molecule has 32 heavy (non-hydrogen) atoms. The predicted molar refractivity (Wildman–Crippen MR) is 99.8 cm³/mol. The Balaban J connectivity index is 1.51. The van der Waals surface area contributed by atoms with E-state index in [-0.39, 0.29) is 12.2 Å². The van der Waals surface area contributed by atoms with Crippen molar-refractivity contribution in [2.75, 3.05) is 6.61 Å². The van der Waals surface area contributed by atoms with Crippen molar-refractivity contribution in [1.29, 1.82) is 0 Å². The van der Waals surface area contributed by atoms with Crippen molar-refractivity contribution in [2.24, 2.45) is 0 Å². The molecular formula is C20H14F6N4O2. The smallest absolute Gasteiger partial charge is 0.422 e. The lowest BCUT2D eigenvalue weighted by Gasteiger charge is -2.16. The number of aryl methyl sites for hydroxylation is 2. The summed E-state index contributed by atoms with van der Waals surface area (Å²) in [6.07, 6.45) is -8.98. The molecule has 4 aromatic rings. The molecule has 0 atom stereocenters. The van der Waals surface area contributed by atoms with Crippen LogP contribution in [0.4, 0.5) is 26.3 Å². The van der Waals surface area contributed by atoms with Gasteiger partial charge in [0.25, 0.3) is 0 Å². The summed E-state index contributed by atoms with van der Waals surface area (Å²) >= 11 is 0. The predicted octanol–water partition coefficient (Wildman–Crippen LogP) is 5.36. The van der Waals surface area contributed by atoms with Gasteiger partial charge in [0.1, 0.15) is 11.3 Å². The highest BCUT2D eigenvalue weighted by Crippen LogP contribution is 2.37. The van der Waals surface area contributed by atoms with Crippen molar-refractivity contribution in [3.05, 3.63) is 59.2 Å². The van der Waals surface area contributed by atoms with Crippen LogP contribution in [0.2, 0.25) is 0 Å². The van der Waals surface area contributed by atoms with E-state index in [1.54, 1.807) is 18.2 Å². The van der Waals surface area contributed by atoms with Gasteiger partial charge < -0.3 is 9.15 Å². The number of hydrogen-bond donors (Lipinski definition) is 1. The Morgan fingerprint density at radius 3 is 2.28 bits per heavy atom. The summed E-state index contributed by atoms with van der Waals surface area (Å²) in [6.45, 7) is -1.80. The topological polar surface area (TPSA) is 76.8 Å². The van der Waals surface area contributed by atoms with Gasteiger partial charge in [-0.1, -0.05) is 18.2 Å². The van der Waals surface area contributed by atoms with Gasteiger partial charge >= 0.3 is 12.4 Å². The molecule has 0 saturated heterocycles. The largest absolute Gasteiger partial charge is 0.483 e. The first kappa shape index (κ1) is 21.7. The molecule has 0 aliphatic carbocycles. The summed E-state index contributed by atoms with van der Waals surface area (Å²) in [7, 11) is 0. The molecule has 0 bridgehead atoms. The number of ether oxygens (including phenoxy) is 1. The summed E-state index contributed by atoms with van der Waals surface area (Å²) in [6, 6.07) is 10.1. The molecule has 0 saturated carbocycles. The molecule has 6 nitrogen and oxygen atoms in total. The number of fused-ring (bicyclic) bond motifs is 1. The maximum absolute atomic E-state index is 13.3. The number of H-pyrrole nitrogens is 1. The molecular weight excluding hydrogens is 442 g/mol. The molecule has 2 aromatic heterocycles. The van der Waals surface area contributed by atoms with Gasteiger partial charge in [0, 0.05) is 5.39 Å². The molecule has 0 fully saturated rings. The Bertz CT molecular complexity index is 1220. The second-order valence-corrected chi connectivity index (χ2v) is 6.95. The summed E-state index contributed by atoms with van der Waals surface area (Å²) < 4.78 is 87.0. The fourth-order valence-corrected chi connectivity index (χ4v) is 3.14. The number of nitrogens with one attached hydrogen (secondary N) is 1. The van der Waals surface area contributed by atoms with Crippen LogP contribution in [0.25, 0.3) is 22.6 Å². The van der Waals surface area contributed by atoms with Gasteiger partial charge in [0.05, 0.1) is 5.56 Å². The minimum absolute atomic E-state index is 0.229. The Hall–Kier alpha value is -3.57. The molecule has 0 unspecified atom stereocenters. The van der Waals surface area contributed by atoms with E-state index >= 15 is 0 Å². The number of alkyl halides is 6. The molecule has 0 radical (unpaired) electrons. The van der Waals surface area contributed by atoms with Gasteiger partial charge in [-0.3, -0.25) is 0 Å². The lowest BCUT2D eigenvalue weighted by atomic mass is 10.0. The molecule has 0 aliphatic rings. The third kappa shape index (κ3) is 5.01. The highest BCUT2D eigenvalue weighted by atomic mass is 19.4. The highest BCUT2D eigenvalue weighted by molar-refractivity contribution is 5.82. The Labute approximate surface area is 176 Å². The van der Waals surface area contributed by atoms with E-state index in [2.05, 4.69) is 25.4 Å². The lowest BCUT2D eigenvalue weighted by molar-refractivity contribution is -0.158. The van der Waals surface area contributed by atoms with Crippen molar-refractivity contribution in [3.63, 3.8) is 0 Å². The second-order valence-electron chi connectivity index (χ2n) is 6.95. The summed E-state index contributed by atoms with van der Waals surface area (Å²) in [4.78, 5) is 0. The molecule has 1 N–H and O–H groups in total. The molecule has 2 heterocycles. The molecule has 2 aromatic carbocycles. The quantitative estimate of drug-likeness (QED) is 0.396. The highest BCUT2D eigenvalue weighted by Gasteiger charge is 2.36. The maximum atomic E-state index is 13.3. The number of nitrogens with zero attached hydrogens (tertiary/aromatic N) is 3. The van der Waals surface area contributed by atoms with Crippen molar-refractivity contribution in [3.8, 4) is 17.3 Å².